The quantitative estimate of drug-likeness (QED) is 0.734. The number of aromatic nitrogens is 1. The lowest BCUT2D eigenvalue weighted by atomic mass is 10.1. The van der Waals surface area contributed by atoms with Gasteiger partial charge in [-0.3, -0.25) is 4.79 Å². The van der Waals surface area contributed by atoms with Gasteiger partial charge < -0.3 is 9.80 Å². The van der Waals surface area contributed by atoms with Crippen LogP contribution in [0, 0.1) is 5.82 Å². The summed E-state index contributed by atoms with van der Waals surface area (Å²) in [6.07, 6.45) is -3.80. The number of hydrogen-bond acceptors (Lipinski definition) is 3. The van der Waals surface area contributed by atoms with Crippen LogP contribution in [0.4, 0.5) is 23.4 Å². The number of halogens is 5. The van der Waals surface area contributed by atoms with Gasteiger partial charge in [-0.1, -0.05) is 29.8 Å². The highest BCUT2D eigenvalue weighted by Gasteiger charge is 2.32. The number of benzene rings is 1. The monoisotopic (exact) mass is 401 g/mol. The molecule has 2 aromatic rings. The van der Waals surface area contributed by atoms with Crippen LogP contribution in [0.15, 0.2) is 36.5 Å². The van der Waals surface area contributed by atoms with E-state index < -0.39 is 17.6 Å². The van der Waals surface area contributed by atoms with Gasteiger partial charge in [-0.05, 0) is 17.7 Å². The van der Waals surface area contributed by atoms with Gasteiger partial charge in [0, 0.05) is 32.4 Å². The zero-order valence-electron chi connectivity index (χ0n) is 14.1. The summed E-state index contributed by atoms with van der Waals surface area (Å²) in [5.41, 5.74) is -0.577. The van der Waals surface area contributed by atoms with E-state index in [-0.39, 0.29) is 23.2 Å². The molecule has 144 valence electrons. The van der Waals surface area contributed by atoms with Crippen LogP contribution < -0.4 is 4.90 Å². The molecule has 0 unspecified atom stereocenters. The lowest BCUT2D eigenvalue weighted by Crippen LogP contribution is -2.49. The summed E-state index contributed by atoms with van der Waals surface area (Å²) in [6, 6.07) is 6.94. The number of piperazine rings is 1. The molecule has 0 radical (unpaired) electrons. The summed E-state index contributed by atoms with van der Waals surface area (Å²) in [4.78, 5) is 19.5. The van der Waals surface area contributed by atoms with E-state index in [4.69, 9.17) is 11.6 Å². The minimum Gasteiger partial charge on any atom is -0.352 e. The molecule has 0 saturated carbocycles. The largest absolute Gasteiger partial charge is 0.417 e. The molecule has 1 aromatic heterocycles. The zero-order chi connectivity index (χ0) is 19.6. The van der Waals surface area contributed by atoms with E-state index >= 15 is 0 Å². The van der Waals surface area contributed by atoms with E-state index in [9.17, 15) is 22.4 Å². The summed E-state index contributed by atoms with van der Waals surface area (Å²) in [6.45, 7) is 1.46. The Bertz CT molecular complexity index is 836. The number of carbonyl (C=O) groups is 1. The molecular weight excluding hydrogens is 386 g/mol. The Morgan fingerprint density at radius 1 is 1.15 bits per heavy atom. The van der Waals surface area contributed by atoms with Crippen molar-refractivity contribution in [3.05, 3.63) is 58.5 Å². The molecule has 0 atom stereocenters. The van der Waals surface area contributed by atoms with Crippen molar-refractivity contribution in [2.45, 2.75) is 12.6 Å². The van der Waals surface area contributed by atoms with Crippen LogP contribution in [-0.4, -0.2) is 42.0 Å². The van der Waals surface area contributed by atoms with Crippen molar-refractivity contribution in [2.75, 3.05) is 31.1 Å². The average Bonchev–Trinajstić information content (AvgIpc) is 2.63. The third-order valence-corrected chi connectivity index (χ3v) is 4.66. The molecule has 3 rings (SSSR count). The first-order valence-corrected chi connectivity index (χ1v) is 8.62. The first-order valence-electron chi connectivity index (χ1n) is 8.24. The Morgan fingerprint density at radius 3 is 2.41 bits per heavy atom. The minimum absolute atomic E-state index is 0.0358. The highest BCUT2D eigenvalue weighted by atomic mass is 35.5. The van der Waals surface area contributed by atoms with Gasteiger partial charge in [0.2, 0.25) is 5.91 Å². The lowest BCUT2D eigenvalue weighted by Gasteiger charge is -2.36. The maximum absolute atomic E-state index is 13.7. The van der Waals surface area contributed by atoms with Gasteiger partial charge in [-0.15, -0.1) is 0 Å². The second kappa shape index (κ2) is 7.72. The molecule has 1 aromatic carbocycles. The molecule has 1 fully saturated rings. The van der Waals surface area contributed by atoms with E-state index in [2.05, 4.69) is 4.98 Å². The van der Waals surface area contributed by atoms with Crippen molar-refractivity contribution < 1.29 is 22.4 Å². The standard InChI is InChI=1S/C18H16ClF4N3O/c19-14-10-13(18(21,22)23)11-24-17(14)26-7-5-25(6-8-26)16(27)9-12-3-1-2-4-15(12)20/h1-4,10-11H,5-9H2. The summed E-state index contributed by atoms with van der Waals surface area (Å²) in [7, 11) is 0. The smallest absolute Gasteiger partial charge is 0.352 e. The van der Waals surface area contributed by atoms with Gasteiger partial charge in [0.05, 0.1) is 17.0 Å². The van der Waals surface area contributed by atoms with Crippen molar-refractivity contribution in [1.29, 1.82) is 0 Å². The highest BCUT2D eigenvalue weighted by molar-refractivity contribution is 6.33. The van der Waals surface area contributed by atoms with Crippen LogP contribution in [0.25, 0.3) is 0 Å². The molecule has 1 amide bonds. The number of carbonyl (C=O) groups excluding carboxylic acids is 1. The summed E-state index contributed by atoms with van der Waals surface area (Å²) in [5.74, 6) is -0.373. The molecule has 1 aliphatic heterocycles. The van der Waals surface area contributed by atoms with Crippen molar-refractivity contribution >= 4 is 23.3 Å². The van der Waals surface area contributed by atoms with Crippen molar-refractivity contribution in [3.8, 4) is 0 Å². The molecule has 0 N–H and O–H groups in total. The van der Waals surface area contributed by atoms with Gasteiger partial charge in [-0.25, -0.2) is 9.37 Å². The first kappa shape index (κ1) is 19.4. The Labute approximate surface area is 158 Å². The van der Waals surface area contributed by atoms with Gasteiger partial charge in [0.15, 0.2) is 0 Å². The minimum atomic E-state index is -4.51. The number of alkyl halides is 3. The number of hydrogen-bond donors (Lipinski definition) is 0. The summed E-state index contributed by atoms with van der Waals surface area (Å²) < 4.78 is 51.8. The first-order chi connectivity index (χ1) is 12.8. The summed E-state index contributed by atoms with van der Waals surface area (Å²) >= 11 is 5.97. The fourth-order valence-corrected chi connectivity index (χ4v) is 3.19. The third-order valence-electron chi connectivity index (χ3n) is 4.38. The zero-order valence-corrected chi connectivity index (χ0v) is 14.9. The lowest BCUT2D eigenvalue weighted by molar-refractivity contribution is -0.137. The topological polar surface area (TPSA) is 36.4 Å². The SMILES string of the molecule is O=C(Cc1ccccc1F)N1CCN(c2ncc(C(F)(F)F)cc2Cl)CC1. The fraction of sp³-hybridized carbons (Fsp3) is 0.333. The molecule has 1 aliphatic rings. The molecule has 2 heterocycles. The number of amides is 1. The van der Waals surface area contributed by atoms with Crippen LogP contribution in [0.2, 0.25) is 5.02 Å². The van der Waals surface area contributed by atoms with Gasteiger partial charge in [-0.2, -0.15) is 13.2 Å². The Balaban J connectivity index is 1.62. The van der Waals surface area contributed by atoms with E-state index in [1.807, 2.05) is 0 Å². The van der Waals surface area contributed by atoms with Crippen LogP contribution in [0.1, 0.15) is 11.1 Å². The Morgan fingerprint density at radius 2 is 1.81 bits per heavy atom. The molecule has 4 nitrogen and oxygen atoms in total. The van der Waals surface area contributed by atoms with Crippen molar-refractivity contribution in [1.82, 2.24) is 9.88 Å². The van der Waals surface area contributed by atoms with E-state index in [0.717, 1.165) is 12.3 Å². The van der Waals surface area contributed by atoms with Gasteiger partial charge in [0.25, 0.3) is 0 Å². The predicted molar refractivity (Wildman–Crippen MR) is 93.1 cm³/mol. The number of anilines is 1. The van der Waals surface area contributed by atoms with Crippen LogP contribution in [-0.2, 0) is 17.4 Å². The third kappa shape index (κ3) is 4.50. The van der Waals surface area contributed by atoms with Crippen LogP contribution in [0.5, 0.6) is 0 Å². The normalized spacial score (nSPS) is 15.1. The van der Waals surface area contributed by atoms with Crippen LogP contribution in [0.3, 0.4) is 0 Å². The van der Waals surface area contributed by atoms with Crippen molar-refractivity contribution in [3.63, 3.8) is 0 Å². The number of rotatable bonds is 3. The second-order valence-corrected chi connectivity index (χ2v) is 6.57. The average molecular weight is 402 g/mol. The van der Waals surface area contributed by atoms with E-state index in [0.29, 0.717) is 31.7 Å². The Kier molecular flexibility index (Phi) is 5.55. The number of pyridine rings is 1. The molecule has 9 heteroatoms. The molecular formula is C18H16ClF4N3O. The van der Waals surface area contributed by atoms with Gasteiger partial charge in [0.1, 0.15) is 11.6 Å². The predicted octanol–water partition coefficient (Wildman–Crippen LogP) is 3.78. The fourth-order valence-electron chi connectivity index (χ4n) is 2.90. The summed E-state index contributed by atoms with van der Waals surface area (Å²) in [5, 5.41) is -0.0871. The van der Waals surface area contributed by atoms with Crippen molar-refractivity contribution in [2.24, 2.45) is 0 Å². The van der Waals surface area contributed by atoms with E-state index in [1.54, 1.807) is 28.0 Å². The molecule has 0 aliphatic carbocycles. The second-order valence-electron chi connectivity index (χ2n) is 6.16. The number of nitrogens with zero attached hydrogens (tertiary/aromatic N) is 3. The maximum atomic E-state index is 13.7. The van der Waals surface area contributed by atoms with Crippen LogP contribution >= 0.6 is 11.6 Å². The highest BCUT2D eigenvalue weighted by Crippen LogP contribution is 2.33. The van der Waals surface area contributed by atoms with E-state index in [1.165, 1.54) is 6.07 Å². The maximum Gasteiger partial charge on any atom is 0.417 e. The molecule has 0 spiro atoms. The molecule has 1 saturated heterocycles. The van der Waals surface area contributed by atoms with Gasteiger partial charge >= 0.3 is 6.18 Å². The Hall–Kier alpha value is -2.35. The molecule has 0 bridgehead atoms. The molecule has 27 heavy (non-hydrogen) atoms.